The number of aryl methyl sites for hydroxylation is 1. The third kappa shape index (κ3) is 2.95. The number of rotatable bonds is 2. The lowest BCUT2D eigenvalue weighted by atomic mass is 10.2. The molecule has 0 radical (unpaired) electrons. The number of halogens is 1. The van der Waals surface area contributed by atoms with E-state index < -0.39 is 0 Å². The van der Waals surface area contributed by atoms with Crippen molar-refractivity contribution in [2.75, 3.05) is 13.1 Å². The first-order valence-electron chi connectivity index (χ1n) is 5.66. The average molecular weight is 228 g/mol. The first kappa shape index (κ1) is 11.0. The summed E-state index contributed by atoms with van der Waals surface area (Å²) in [5.74, 6) is 0. The van der Waals surface area contributed by atoms with Crippen molar-refractivity contribution in [3.8, 4) is 0 Å². The van der Waals surface area contributed by atoms with Gasteiger partial charge in [-0.3, -0.25) is 9.58 Å². The van der Waals surface area contributed by atoms with E-state index in [4.69, 9.17) is 11.6 Å². The Morgan fingerprint density at radius 1 is 1.27 bits per heavy atom. The molecule has 0 aromatic carbocycles. The van der Waals surface area contributed by atoms with E-state index in [1.807, 2.05) is 17.8 Å². The molecule has 2 heterocycles. The molecule has 1 saturated heterocycles. The van der Waals surface area contributed by atoms with Crippen LogP contribution in [0.2, 0.25) is 5.15 Å². The predicted octanol–water partition coefficient (Wildman–Crippen LogP) is 2.45. The van der Waals surface area contributed by atoms with Crippen LogP contribution in [-0.2, 0) is 13.6 Å². The summed E-state index contributed by atoms with van der Waals surface area (Å²) in [6.07, 6.45) is 5.41. The summed E-state index contributed by atoms with van der Waals surface area (Å²) in [6.45, 7) is 3.40. The lowest BCUT2D eigenvalue weighted by Gasteiger charge is -2.19. The quantitative estimate of drug-likeness (QED) is 0.774. The molecule has 1 aromatic rings. The third-order valence-corrected chi connectivity index (χ3v) is 3.22. The van der Waals surface area contributed by atoms with Crippen LogP contribution in [0.1, 0.15) is 31.4 Å². The van der Waals surface area contributed by atoms with Crippen molar-refractivity contribution in [1.82, 2.24) is 14.7 Å². The molecule has 0 unspecified atom stereocenters. The fraction of sp³-hybridized carbons (Fsp3) is 0.727. The highest BCUT2D eigenvalue weighted by Crippen LogP contribution is 2.15. The fourth-order valence-electron chi connectivity index (χ4n) is 2.14. The smallest absolute Gasteiger partial charge is 0.151 e. The standard InChI is InChI=1S/C11H18ClN3/c1-14-10(8-11(12)13-14)9-15-6-4-2-3-5-7-15/h8H,2-7,9H2,1H3. The summed E-state index contributed by atoms with van der Waals surface area (Å²) in [7, 11) is 1.96. The third-order valence-electron chi connectivity index (χ3n) is 3.03. The van der Waals surface area contributed by atoms with Crippen molar-refractivity contribution in [1.29, 1.82) is 0 Å². The van der Waals surface area contributed by atoms with Crippen LogP contribution in [0.3, 0.4) is 0 Å². The van der Waals surface area contributed by atoms with Gasteiger partial charge in [-0.2, -0.15) is 5.10 Å². The van der Waals surface area contributed by atoms with Crippen LogP contribution in [0.15, 0.2) is 6.07 Å². The van der Waals surface area contributed by atoms with Gasteiger partial charge in [0.25, 0.3) is 0 Å². The van der Waals surface area contributed by atoms with E-state index in [1.54, 1.807) is 0 Å². The van der Waals surface area contributed by atoms with Gasteiger partial charge >= 0.3 is 0 Å². The Labute approximate surface area is 96.0 Å². The summed E-state index contributed by atoms with van der Waals surface area (Å²) in [5.41, 5.74) is 1.21. The van der Waals surface area contributed by atoms with E-state index >= 15 is 0 Å². The summed E-state index contributed by atoms with van der Waals surface area (Å²) >= 11 is 5.87. The van der Waals surface area contributed by atoms with Gasteiger partial charge in [-0.05, 0) is 32.0 Å². The van der Waals surface area contributed by atoms with Gasteiger partial charge in [0.05, 0.1) is 5.69 Å². The molecule has 84 valence electrons. The van der Waals surface area contributed by atoms with E-state index in [2.05, 4.69) is 10.00 Å². The maximum atomic E-state index is 5.87. The molecule has 4 heteroatoms. The molecular formula is C11H18ClN3. The minimum atomic E-state index is 0.599. The van der Waals surface area contributed by atoms with Gasteiger partial charge in [0.2, 0.25) is 0 Å². The number of nitrogens with zero attached hydrogens (tertiary/aromatic N) is 3. The SMILES string of the molecule is Cn1nc(Cl)cc1CN1CCCCCC1. The summed E-state index contributed by atoms with van der Waals surface area (Å²) in [6, 6.07) is 1.96. The zero-order chi connectivity index (χ0) is 10.7. The highest BCUT2D eigenvalue weighted by molar-refractivity contribution is 6.29. The maximum Gasteiger partial charge on any atom is 0.151 e. The van der Waals surface area contributed by atoms with Crippen LogP contribution in [0, 0.1) is 0 Å². The van der Waals surface area contributed by atoms with Crippen molar-refractivity contribution in [2.24, 2.45) is 7.05 Å². The normalized spacial score (nSPS) is 19.1. The molecule has 0 atom stereocenters. The van der Waals surface area contributed by atoms with Crippen molar-refractivity contribution < 1.29 is 0 Å². The molecule has 2 rings (SSSR count). The predicted molar refractivity (Wildman–Crippen MR) is 62.0 cm³/mol. The molecule has 0 amide bonds. The Bertz CT molecular complexity index is 314. The minimum absolute atomic E-state index is 0.599. The molecular weight excluding hydrogens is 210 g/mol. The zero-order valence-corrected chi connectivity index (χ0v) is 10.0. The summed E-state index contributed by atoms with van der Waals surface area (Å²) in [4.78, 5) is 2.50. The summed E-state index contributed by atoms with van der Waals surface area (Å²) < 4.78 is 1.88. The van der Waals surface area contributed by atoms with Crippen LogP contribution in [0.5, 0.6) is 0 Å². The monoisotopic (exact) mass is 227 g/mol. The maximum absolute atomic E-state index is 5.87. The Hall–Kier alpha value is -0.540. The van der Waals surface area contributed by atoms with Crippen LogP contribution < -0.4 is 0 Å². The van der Waals surface area contributed by atoms with Crippen LogP contribution in [0.25, 0.3) is 0 Å². The van der Waals surface area contributed by atoms with Gasteiger partial charge in [-0.25, -0.2) is 0 Å². The molecule has 1 fully saturated rings. The second-order valence-electron chi connectivity index (χ2n) is 4.27. The highest BCUT2D eigenvalue weighted by Gasteiger charge is 2.12. The molecule has 1 aromatic heterocycles. The van der Waals surface area contributed by atoms with Crippen molar-refractivity contribution in [3.05, 3.63) is 16.9 Å². The first-order valence-corrected chi connectivity index (χ1v) is 6.04. The Morgan fingerprint density at radius 3 is 2.47 bits per heavy atom. The van der Waals surface area contributed by atoms with Gasteiger partial charge in [0, 0.05) is 13.6 Å². The number of hydrogen-bond donors (Lipinski definition) is 0. The molecule has 15 heavy (non-hydrogen) atoms. The Kier molecular flexibility index (Phi) is 3.65. The van der Waals surface area contributed by atoms with Crippen molar-refractivity contribution >= 4 is 11.6 Å². The highest BCUT2D eigenvalue weighted by atomic mass is 35.5. The van der Waals surface area contributed by atoms with Gasteiger partial charge in [-0.15, -0.1) is 0 Å². The van der Waals surface area contributed by atoms with Gasteiger partial charge in [0.1, 0.15) is 0 Å². The van der Waals surface area contributed by atoms with Crippen molar-refractivity contribution in [2.45, 2.75) is 32.2 Å². The van der Waals surface area contributed by atoms with Gasteiger partial charge < -0.3 is 0 Å². The van der Waals surface area contributed by atoms with E-state index in [0.29, 0.717) is 5.15 Å². The average Bonchev–Trinajstić information content (AvgIpc) is 2.44. The second kappa shape index (κ2) is 4.99. The lowest BCUT2D eigenvalue weighted by Crippen LogP contribution is -2.25. The fourth-order valence-corrected chi connectivity index (χ4v) is 2.38. The van der Waals surface area contributed by atoms with Gasteiger partial charge in [0.15, 0.2) is 5.15 Å². The Morgan fingerprint density at radius 2 is 1.93 bits per heavy atom. The number of likely N-dealkylation sites (tertiary alicyclic amines) is 1. The van der Waals surface area contributed by atoms with E-state index in [9.17, 15) is 0 Å². The molecule has 3 nitrogen and oxygen atoms in total. The molecule has 0 aliphatic carbocycles. The number of hydrogen-bond acceptors (Lipinski definition) is 2. The molecule has 0 N–H and O–H groups in total. The lowest BCUT2D eigenvalue weighted by molar-refractivity contribution is 0.269. The topological polar surface area (TPSA) is 21.1 Å². The minimum Gasteiger partial charge on any atom is -0.298 e. The molecule has 0 spiro atoms. The molecule has 0 bridgehead atoms. The largest absolute Gasteiger partial charge is 0.298 e. The molecule has 0 saturated carbocycles. The molecule has 1 aliphatic rings. The molecule has 1 aliphatic heterocycles. The van der Waals surface area contributed by atoms with E-state index in [1.165, 1.54) is 44.5 Å². The van der Waals surface area contributed by atoms with Crippen LogP contribution in [0.4, 0.5) is 0 Å². The zero-order valence-electron chi connectivity index (χ0n) is 9.25. The van der Waals surface area contributed by atoms with Gasteiger partial charge in [-0.1, -0.05) is 24.4 Å². The van der Waals surface area contributed by atoms with E-state index in [0.717, 1.165) is 6.54 Å². The first-order chi connectivity index (χ1) is 7.25. The van der Waals surface area contributed by atoms with E-state index in [-0.39, 0.29) is 0 Å². The summed E-state index contributed by atoms with van der Waals surface area (Å²) in [5, 5.41) is 4.75. The van der Waals surface area contributed by atoms with Crippen LogP contribution >= 0.6 is 11.6 Å². The Balaban J connectivity index is 1.97. The number of aromatic nitrogens is 2. The van der Waals surface area contributed by atoms with Crippen LogP contribution in [-0.4, -0.2) is 27.8 Å². The second-order valence-corrected chi connectivity index (χ2v) is 4.66. The van der Waals surface area contributed by atoms with Crippen molar-refractivity contribution in [3.63, 3.8) is 0 Å².